The third kappa shape index (κ3) is 3.61. The maximum absolute atomic E-state index is 13.7. The lowest BCUT2D eigenvalue weighted by atomic mass is 10.0. The van der Waals surface area contributed by atoms with E-state index in [1.54, 1.807) is 12.1 Å². The molecule has 132 valence electrons. The number of halogens is 1. The lowest BCUT2D eigenvalue weighted by Crippen LogP contribution is -2.47. The number of nitrogens with zero attached hydrogens (tertiary/aromatic N) is 2. The fourth-order valence-corrected chi connectivity index (χ4v) is 3.66. The monoisotopic (exact) mass is 336 g/mol. The molecular formula is C18H25FN2O3. The van der Waals surface area contributed by atoms with E-state index in [0.717, 1.165) is 39.4 Å². The number of rotatable bonds is 4. The second-order valence-electron chi connectivity index (χ2n) is 6.64. The predicted molar refractivity (Wildman–Crippen MR) is 88.4 cm³/mol. The maximum atomic E-state index is 13.7. The molecular weight excluding hydrogens is 311 g/mol. The predicted octanol–water partition coefficient (Wildman–Crippen LogP) is 1.76. The summed E-state index contributed by atoms with van der Waals surface area (Å²) < 4.78 is 24.2. The maximum Gasteiger partial charge on any atom is 0.253 e. The van der Waals surface area contributed by atoms with Gasteiger partial charge in [0.05, 0.1) is 19.8 Å². The van der Waals surface area contributed by atoms with Crippen LogP contribution in [-0.4, -0.2) is 68.3 Å². The molecule has 1 aromatic carbocycles. The van der Waals surface area contributed by atoms with Crippen molar-refractivity contribution in [1.29, 1.82) is 0 Å². The normalized spacial score (nSPS) is 25.2. The van der Waals surface area contributed by atoms with Crippen molar-refractivity contribution in [2.45, 2.75) is 19.6 Å². The molecule has 2 fully saturated rings. The molecule has 0 aromatic heterocycles. The Kier molecular flexibility index (Phi) is 5.48. The summed E-state index contributed by atoms with van der Waals surface area (Å²) in [6, 6.07) is 4.88. The largest absolute Gasteiger partial charge is 0.380 e. The van der Waals surface area contributed by atoms with Crippen molar-refractivity contribution in [3.63, 3.8) is 0 Å². The summed E-state index contributed by atoms with van der Waals surface area (Å²) in [5.74, 6) is 0.0512. The van der Waals surface area contributed by atoms with Crippen LogP contribution in [0.5, 0.6) is 0 Å². The molecule has 2 saturated heterocycles. The Hall–Kier alpha value is -1.50. The highest BCUT2D eigenvalue weighted by molar-refractivity contribution is 5.94. The number of benzene rings is 1. The molecule has 1 aromatic rings. The molecule has 2 aliphatic heterocycles. The van der Waals surface area contributed by atoms with Gasteiger partial charge in [0.25, 0.3) is 5.91 Å². The van der Waals surface area contributed by atoms with Gasteiger partial charge in [0, 0.05) is 50.5 Å². The summed E-state index contributed by atoms with van der Waals surface area (Å²) in [4.78, 5) is 17.1. The zero-order chi connectivity index (χ0) is 17.1. The van der Waals surface area contributed by atoms with E-state index in [0.29, 0.717) is 23.1 Å². The first-order valence-electron chi connectivity index (χ1n) is 8.48. The average Bonchev–Trinajstić information content (AvgIpc) is 2.99. The minimum absolute atomic E-state index is 0.0324. The van der Waals surface area contributed by atoms with Crippen LogP contribution in [0.1, 0.15) is 22.8 Å². The van der Waals surface area contributed by atoms with Crippen LogP contribution in [0.15, 0.2) is 18.2 Å². The van der Waals surface area contributed by atoms with Gasteiger partial charge >= 0.3 is 0 Å². The molecule has 0 radical (unpaired) electrons. The van der Waals surface area contributed by atoms with E-state index in [1.807, 2.05) is 4.90 Å². The van der Waals surface area contributed by atoms with Crippen molar-refractivity contribution >= 4 is 5.91 Å². The molecule has 0 aliphatic carbocycles. The molecule has 0 spiro atoms. The quantitative estimate of drug-likeness (QED) is 0.840. The molecule has 0 N–H and O–H groups in total. The van der Waals surface area contributed by atoms with Crippen molar-refractivity contribution in [2.24, 2.45) is 5.92 Å². The summed E-state index contributed by atoms with van der Waals surface area (Å²) in [6.45, 7) is 7.17. The molecule has 24 heavy (non-hydrogen) atoms. The Morgan fingerprint density at radius 1 is 1.33 bits per heavy atom. The Balaban J connectivity index is 1.70. The van der Waals surface area contributed by atoms with Gasteiger partial charge in [0.2, 0.25) is 0 Å². The molecule has 2 aliphatic rings. The highest BCUT2D eigenvalue weighted by atomic mass is 19.1. The second kappa shape index (κ2) is 7.59. The van der Waals surface area contributed by atoms with E-state index >= 15 is 0 Å². The van der Waals surface area contributed by atoms with Crippen molar-refractivity contribution in [1.82, 2.24) is 9.80 Å². The molecule has 6 heteroatoms. The molecule has 5 nitrogen and oxygen atoms in total. The van der Waals surface area contributed by atoms with Gasteiger partial charge in [-0.1, -0.05) is 6.92 Å². The number of morpholine rings is 1. The number of methoxy groups -OCH3 is 1. The number of ether oxygens (including phenoxy) is 2. The van der Waals surface area contributed by atoms with Crippen LogP contribution < -0.4 is 0 Å². The minimum atomic E-state index is -0.339. The molecule has 3 rings (SSSR count). The van der Waals surface area contributed by atoms with E-state index in [1.165, 1.54) is 13.2 Å². The van der Waals surface area contributed by atoms with Crippen LogP contribution in [-0.2, 0) is 16.1 Å². The van der Waals surface area contributed by atoms with Crippen LogP contribution >= 0.6 is 0 Å². The summed E-state index contributed by atoms with van der Waals surface area (Å²) in [5.41, 5.74) is 0.943. The van der Waals surface area contributed by atoms with E-state index in [-0.39, 0.29) is 18.3 Å². The Bertz CT molecular complexity index is 590. The second-order valence-corrected chi connectivity index (χ2v) is 6.64. The van der Waals surface area contributed by atoms with Gasteiger partial charge < -0.3 is 14.4 Å². The lowest BCUT2D eigenvalue weighted by Gasteiger charge is -2.34. The number of carbonyl (C=O) groups excluding carboxylic acids is 1. The van der Waals surface area contributed by atoms with Gasteiger partial charge in [0.1, 0.15) is 5.82 Å². The number of hydrogen-bond acceptors (Lipinski definition) is 4. The summed E-state index contributed by atoms with van der Waals surface area (Å²) >= 11 is 0. The topological polar surface area (TPSA) is 42.0 Å². The van der Waals surface area contributed by atoms with Crippen molar-refractivity contribution < 1.29 is 18.7 Å². The molecule has 2 heterocycles. The molecule has 0 bridgehead atoms. The Morgan fingerprint density at radius 2 is 2.08 bits per heavy atom. The standard InChI is InChI=1S/C18H25FN2O3/c1-13-10-21(11-17(13)20-5-7-24-8-6-20)18(22)14-3-4-16(19)15(9-14)12-23-2/h3-4,9,13,17H,5-8,10-12H2,1-2H3/t13-,17+/m0/s1. The summed E-state index contributed by atoms with van der Waals surface area (Å²) in [6.07, 6.45) is 0. The van der Waals surface area contributed by atoms with Crippen molar-refractivity contribution in [2.75, 3.05) is 46.5 Å². The Labute approximate surface area is 142 Å². The molecule has 1 amide bonds. The number of likely N-dealkylation sites (tertiary alicyclic amines) is 1. The number of amides is 1. The first-order valence-corrected chi connectivity index (χ1v) is 8.48. The third-order valence-corrected chi connectivity index (χ3v) is 4.97. The van der Waals surface area contributed by atoms with Gasteiger partial charge in [0.15, 0.2) is 0 Å². The third-order valence-electron chi connectivity index (χ3n) is 4.97. The molecule has 0 saturated carbocycles. The first kappa shape index (κ1) is 17.3. The zero-order valence-corrected chi connectivity index (χ0v) is 14.3. The lowest BCUT2D eigenvalue weighted by molar-refractivity contribution is 0.0119. The SMILES string of the molecule is COCc1cc(C(=O)N2C[C@@H](N3CCOCC3)[C@@H](C)C2)ccc1F. The van der Waals surface area contributed by atoms with E-state index in [2.05, 4.69) is 11.8 Å². The van der Waals surface area contributed by atoms with Gasteiger partial charge in [-0.25, -0.2) is 4.39 Å². The molecule has 2 atom stereocenters. The van der Waals surface area contributed by atoms with Crippen LogP contribution in [0.3, 0.4) is 0 Å². The number of carbonyl (C=O) groups is 1. The summed E-state index contributed by atoms with van der Waals surface area (Å²) in [7, 11) is 1.52. The smallest absolute Gasteiger partial charge is 0.253 e. The van der Waals surface area contributed by atoms with Gasteiger partial charge in [-0.05, 0) is 24.1 Å². The molecule has 0 unspecified atom stereocenters. The van der Waals surface area contributed by atoms with Crippen molar-refractivity contribution in [3.05, 3.63) is 35.1 Å². The van der Waals surface area contributed by atoms with Gasteiger partial charge in [-0.15, -0.1) is 0 Å². The van der Waals surface area contributed by atoms with Crippen LogP contribution in [0, 0.1) is 11.7 Å². The van der Waals surface area contributed by atoms with Gasteiger partial charge in [-0.2, -0.15) is 0 Å². The fraction of sp³-hybridized carbons (Fsp3) is 0.611. The highest BCUT2D eigenvalue weighted by Gasteiger charge is 2.36. The minimum Gasteiger partial charge on any atom is -0.380 e. The average molecular weight is 336 g/mol. The van der Waals surface area contributed by atoms with Gasteiger partial charge in [-0.3, -0.25) is 9.69 Å². The van der Waals surface area contributed by atoms with Crippen molar-refractivity contribution in [3.8, 4) is 0 Å². The van der Waals surface area contributed by atoms with Crippen LogP contribution in [0.25, 0.3) is 0 Å². The van der Waals surface area contributed by atoms with E-state index in [4.69, 9.17) is 9.47 Å². The van der Waals surface area contributed by atoms with Crippen LogP contribution in [0.2, 0.25) is 0 Å². The van der Waals surface area contributed by atoms with Crippen LogP contribution in [0.4, 0.5) is 4.39 Å². The fourth-order valence-electron chi connectivity index (χ4n) is 3.66. The highest BCUT2D eigenvalue weighted by Crippen LogP contribution is 2.25. The summed E-state index contributed by atoms with van der Waals surface area (Å²) in [5, 5.41) is 0. The van der Waals surface area contributed by atoms with E-state index in [9.17, 15) is 9.18 Å². The number of hydrogen-bond donors (Lipinski definition) is 0. The Morgan fingerprint density at radius 3 is 2.79 bits per heavy atom. The zero-order valence-electron chi connectivity index (χ0n) is 14.3. The first-order chi connectivity index (χ1) is 11.6. The van der Waals surface area contributed by atoms with E-state index < -0.39 is 0 Å².